The van der Waals surface area contributed by atoms with E-state index in [2.05, 4.69) is 25.2 Å². The molecule has 0 amide bonds. The molecule has 0 heterocycles. The van der Waals surface area contributed by atoms with Gasteiger partial charge >= 0.3 is 0 Å². The minimum Gasteiger partial charge on any atom is -0.496 e. The fraction of sp³-hybridized carbons (Fsp3) is 0.500. The number of benzene rings is 1. The van der Waals surface area contributed by atoms with Crippen molar-refractivity contribution >= 4 is 0 Å². The Hall–Kier alpha value is -1.53. The Balaban J connectivity index is 3.13. The highest BCUT2D eigenvalue weighted by Gasteiger charge is 2.26. The van der Waals surface area contributed by atoms with Crippen LogP contribution in [0.2, 0.25) is 0 Å². The smallest absolute Gasteiger partial charge is 0.123 e. The molecule has 1 rings (SSSR count). The van der Waals surface area contributed by atoms with Crippen molar-refractivity contribution in [1.82, 2.24) is 5.32 Å². The maximum absolute atomic E-state index is 9.29. The highest BCUT2D eigenvalue weighted by atomic mass is 16.5. The summed E-state index contributed by atoms with van der Waals surface area (Å²) in [6.45, 7) is 4.13. The van der Waals surface area contributed by atoms with E-state index >= 15 is 0 Å². The first kappa shape index (κ1) is 13.5. The minimum atomic E-state index is -0.0729. The van der Waals surface area contributed by atoms with Crippen molar-refractivity contribution in [3.05, 3.63) is 29.8 Å². The normalized spacial score (nSPS) is 14.1. The molecule has 2 unspecified atom stereocenters. The zero-order valence-electron chi connectivity index (χ0n) is 10.9. The van der Waals surface area contributed by atoms with Gasteiger partial charge in [0.1, 0.15) is 5.75 Å². The number of methoxy groups -OCH3 is 1. The van der Waals surface area contributed by atoms with Crippen LogP contribution in [0, 0.1) is 23.2 Å². The molecule has 0 fully saturated rings. The number of nitrogens with one attached hydrogen (secondary N) is 1. The van der Waals surface area contributed by atoms with Crippen LogP contribution in [-0.2, 0) is 0 Å². The van der Waals surface area contributed by atoms with E-state index in [1.165, 1.54) is 0 Å². The Morgan fingerprint density at radius 3 is 2.41 bits per heavy atom. The van der Waals surface area contributed by atoms with Gasteiger partial charge in [-0.15, -0.1) is 0 Å². The molecule has 0 saturated carbocycles. The third kappa shape index (κ3) is 2.98. The van der Waals surface area contributed by atoms with E-state index in [0.29, 0.717) is 5.92 Å². The van der Waals surface area contributed by atoms with Gasteiger partial charge in [-0.3, -0.25) is 0 Å². The van der Waals surface area contributed by atoms with Crippen molar-refractivity contribution in [1.29, 1.82) is 5.26 Å². The van der Waals surface area contributed by atoms with Crippen molar-refractivity contribution in [2.45, 2.75) is 19.9 Å². The molecule has 0 aliphatic heterocycles. The van der Waals surface area contributed by atoms with E-state index in [4.69, 9.17) is 4.74 Å². The molecule has 0 aliphatic rings. The highest BCUT2D eigenvalue weighted by Crippen LogP contribution is 2.32. The van der Waals surface area contributed by atoms with Gasteiger partial charge in [0.15, 0.2) is 0 Å². The van der Waals surface area contributed by atoms with Gasteiger partial charge in [-0.25, -0.2) is 0 Å². The van der Waals surface area contributed by atoms with Gasteiger partial charge in [0, 0.05) is 5.56 Å². The molecule has 0 radical (unpaired) electrons. The van der Waals surface area contributed by atoms with E-state index in [1.54, 1.807) is 7.11 Å². The summed E-state index contributed by atoms with van der Waals surface area (Å²) >= 11 is 0. The van der Waals surface area contributed by atoms with Gasteiger partial charge < -0.3 is 10.1 Å². The molecule has 0 aromatic heterocycles. The van der Waals surface area contributed by atoms with Crippen LogP contribution < -0.4 is 10.1 Å². The molecule has 1 aromatic carbocycles. The summed E-state index contributed by atoms with van der Waals surface area (Å²) < 4.78 is 5.35. The fourth-order valence-corrected chi connectivity index (χ4v) is 2.06. The van der Waals surface area contributed by atoms with Crippen LogP contribution in [0.3, 0.4) is 0 Å². The van der Waals surface area contributed by atoms with E-state index in [-0.39, 0.29) is 12.0 Å². The number of para-hydroxylation sites is 1. The molecular formula is C14H20N2O. The number of nitrogens with zero attached hydrogens (tertiary/aromatic N) is 1. The third-order valence-electron chi connectivity index (χ3n) is 3.01. The van der Waals surface area contributed by atoms with Crippen LogP contribution in [-0.4, -0.2) is 14.2 Å². The highest BCUT2D eigenvalue weighted by molar-refractivity contribution is 5.37. The Morgan fingerprint density at radius 2 is 1.94 bits per heavy atom. The monoisotopic (exact) mass is 232 g/mol. The number of ether oxygens (including phenoxy) is 1. The SMILES string of the molecule is CNC(c1ccccc1OC)C(C#N)C(C)C. The topological polar surface area (TPSA) is 45.0 Å². The average molecular weight is 232 g/mol. The third-order valence-corrected chi connectivity index (χ3v) is 3.01. The zero-order chi connectivity index (χ0) is 12.8. The second-order valence-electron chi connectivity index (χ2n) is 4.41. The summed E-state index contributed by atoms with van der Waals surface area (Å²) in [5.41, 5.74) is 1.04. The number of nitriles is 1. The molecular weight excluding hydrogens is 212 g/mol. The summed E-state index contributed by atoms with van der Waals surface area (Å²) in [6, 6.07) is 10.2. The maximum atomic E-state index is 9.29. The molecule has 92 valence electrons. The van der Waals surface area contributed by atoms with E-state index < -0.39 is 0 Å². The van der Waals surface area contributed by atoms with Gasteiger partial charge in [-0.05, 0) is 19.0 Å². The Bertz CT molecular complexity index is 395. The fourth-order valence-electron chi connectivity index (χ4n) is 2.06. The molecule has 0 bridgehead atoms. The quantitative estimate of drug-likeness (QED) is 0.849. The molecule has 17 heavy (non-hydrogen) atoms. The first-order valence-electron chi connectivity index (χ1n) is 5.85. The summed E-state index contributed by atoms with van der Waals surface area (Å²) in [6.07, 6.45) is 0. The Morgan fingerprint density at radius 1 is 1.29 bits per heavy atom. The molecule has 3 heteroatoms. The standard InChI is InChI=1S/C14H20N2O/c1-10(2)12(9-15)14(16-3)11-7-5-6-8-13(11)17-4/h5-8,10,12,14,16H,1-4H3. The van der Waals surface area contributed by atoms with Crippen LogP contribution >= 0.6 is 0 Å². The van der Waals surface area contributed by atoms with Crippen LogP contribution in [0.4, 0.5) is 0 Å². The van der Waals surface area contributed by atoms with Gasteiger partial charge in [-0.2, -0.15) is 5.26 Å². The van der Waals surface area contributed by atoms with Crippen molar-refractivity contribution in [2.75, 3.05) is 14.2 Å². The molecule has 1 N–H and O–H groups in total. The summed E-state index contributed by atoms with van der Waals surface area (Å²) in [7, 11) is 3.53. The van der Waals surface area contributed by atoms with Crippen LogP contribution in [0.25, 0.3) is 0 Å². The molecule has 2 atom stereocenters. The maximum Gasteiger partial charge on any atom is 0.123 e. The van der Waals surface area contributed by atoms with E-state index in [9.17, 15) is 5.26 Å². The van der Waals surface area contributed by atoms with Gasteiger partial charge in [0.05, 0.1) is 25.1 Å². The van der Waals surface area contributed by atoms with Gasteiger partial charge in [0.2, 0.25) is 0 Å². The number of hydrogen-bond donors (Lipinski definition) is 1. The lowest BCUT2D eigenvalue weighted by Gasteiger charge is -2.26. The Labute approximate surface area is 103 Å². The van der Waals surface area contributed by atoms with Crippen molar-refractivity contribution in [3.63, 3.8) is 0 Å². The van der Waals surface area contributed by atoms with Crippen LogP contribution in [0.1, 0.15) is 25.5 Å². The van der Waals surface area contributed by atoms with Gasteiger partial charge in [0.25, 0.3) is 0 Å². The molecule has 3 nitrogen and oxygen atoms in total. The van der Waals surface area contributed by atoms with Crippen LogP contribution in [0.5, 0.6) is 5.75 Å². The van der Waals surface area contributed by atoms with Gasteiger partial charge in [-0.1, -0.05) is 32.0 Å². The average Bonchev–Trinajstić information content (AvgIpc) is 2.35. The summed E-state index contributed by atoms with van der Waals surface area (Å²) in [5.74, 6) is 1.05. The minimum absolute atomic E-state index is 0.00356. The van der Waals surface area contributed by atoms with E-state index in [0.717, 1.165) is 11.3 Å². The number of hydrogen-bond acceptors (Lipinski definition) is 3. The first-order chi connectivity index (χ1) is 8.15. The summed E-state index contributed by atoms with van der Waals surface area (Å²) in [5, 5.41) is 12.5. The molecule has 0 aliphatic carbocycles. The van der Waals surface area contributed by atoms with Crippen molar-refractivity contribution in [2.24, 2.45) is 11.8 Å². The Kier molecular flexibility index (Phi) is 4.99. The molecule has 1 aromatic rings. The largest absolute Gasteiger partial charge is 0.496 e. The lowest BCUT2D eigenvalue weighted by atomic mass is 9.85. The van der Waals surface area contributed by atoms with E-state index in [1.807, 2.05) is 31.3 Å². The number of rotatable bonds is 5. The second-order valence-corrected chi connectivity index (χ2v) is 4.41. The predicted octanol–water partition coefficient (Wildman–Crippen LogP) is 2.75. The lowest BCUT2D eigenvalue weighted by molar-refractivity contribution is 0.344. The second kappa shape index (κ2) is 6.27. The molecule has 0 saturated heterocycles. The van der Waals surface area contributed by atoms with Crippen molar-refractivity contribution in [3.8, 4) is 11.8 Å². The van der Waals surface area contributed by atoms with Crippen molar-refractivity contribution < 1.29 is 4.74 Å². The summed E-state index contributed by atoms with van der Waals surface area (Å²) in [4.78, 5) is 0. The van der Waals surface area contributed by atoms with Crippen LogP contribution in [0.15, 0.2) is 24.3 Å². The first-order valence-corrected chi connectivity index (χ1v) is 5.85. The molecule has 0 spiro atoms. The predicted molar refractivity (Wildman–Crippen MR) is 68.7 cm³/mol. The lowest BCUT2D eigenvalue weighted by Crippen LogP contribution is -2.28. The zero-order valence-corrected chi connectivity index (χ0v) is 10.9.